The summed E-state index contributed by atoms with van der Waals surface area (Å²) < 4.78 is 48.8. The molecule has 0 radical (unpaired) electrons. The Morgan fingerprint density at radius 2 is 1.15 bits per heavy atom. The number of hydrogen-bond donors (Lipinski definition) is 0. The Labute approximate surface area is 330 Å². The summed E-state index contributed by atoms with van der Waals surface area (Å²) >= 11 is 0. The smallest absolute Gasteiger partial charge is 0.231 e. The van der Waals surface area contributed by atoms with Crippen LogP contribution in [0.25, 0.3) is 0 Å². The first-order valence-electron chi connectivity index (χ1n) is 17.9. The van der Waals surface area contributed by atoms with Gasteiger partial charge in [-0.2, -0.15) is 0 Å². The number of ether oxygens (including phenoxy) is 8. The number of methoxy groups -OCH3 is 5. The fraction of sp³-hybridized carbons (Fsp3) is 0.429. The van der Waals surface area contributed by atoms with Crippen LogP contribution in [-0.2, 0) is 25.7 Å². The van der Waals surface area contributed by atoms with E-state index >= 15 is 0 Å². The lowest BCUT2D eigenvalue weighted by molar-refractivity contribution is -0.923. The van der Waals surface area contributed by atoms with Crippen LogP contribution in [0.5, 0.6) is 51.7 Å². The average Bonchev–Trinajstić information content (AvgIpc) is 3.61. The third-order valence-electron chi connectivity index (χ3n) is 11.4. The van der Waals surface area contributed by atoms with Crippen molar-refractivity contribution >= 4 is 0 Å². The van der Waals surface area contributed by atoms with Crippen LogP contribution in [0.4, 0.5) is 0 Å². The topological polar surface area (TPSA) is 73.8 Å². The van der Waals surface area contributed by atoms with E-state index in [1.165, 1.54) is 27.8 Å². The minimum atomic E-state index is 0. The largest absolute Gasteiger partial charge is 1.00 e. The van der Waals surface area contributed by atoms with Gasteiger partial charge in [-0.15, -0.1) is 0 Å². The van der Waals surface area contributed by atoms with Gasteiger partial charge in [0.05, 0.1) is 76.8 Å². The number of fused-ring (bicyclic) bond motifs is 3. The molecule has 7 rings (SSSR count). The minimum Gasteiger partial charge on any atom is -1.00 e. The second-order valence-electron chi connectivity index (χ2n) is 15.1. The number of quaternary nitrogens is 2. The minimum absolute atomic E-state index is 0. The molecule has 0 aliphatic carbocycles. The first kappa shape index (κ1) is 38.6. The van der Waals surface area contributed by atoms with E-state index in [2.05, 4.69) is 76.7 Å². The number of likely N-dealkylation sites (N-methyl/N-ethyl adjacent to an activating group) is 2. The van der Waals surface area contributed by atoms with Crippen LogP contribution in [0, 0.1) is 0 Å². The van der Waals surface area contributed by atoms with Crippen molar-refractivity contribution in [3.63, 3.8) is 0 Å². The van der Waals surface area contributed by atoms with E-state index in [1.54, 1.807) is 35.5 Å². The molecular weight excluding hydrogens is 787 g/mol. The Hall–Kier alpha value is -4.07. The van der Waals surface area contributed by atoms with Crippen molar-refractivity contribution in [1.82, 2.24) is 0 Å². The number of hydrogen-bond acceptors (Lipinski definition) is 8. The molecule has 10 nitrogen and oxygen atoms in total. The Bertz CT molecular complexity index is 1960. The lowest BCUT2D eigenvalue weighted by Crippen LogP contribution is -3.00. The molecule has 3 aliphatic heterocycles. The first-order chi connectivity index (χ1) is 25.0. The summed E-state index contributed by atoms with van der Waals surface area (Å²) in [7, 11) is 17.6. The van der Waals surface area contributed by atoms with Crippen molar-refractivity contribution in [2.24, 2.45) is 0 Å². The van der Waals surface area contributed by atoms with Gasteiger partial charge in [0.1, 0.15) is 17.8 Å². The maximum absolute atomic E-state index is 6.54. The van der Waals surface area contributed by atoms with Gasteiger partial charge in [-0.05, 0) is 47.5 Å². The molecule has 0 amide bonds. The van der Waals surface area contributed by atoms with E-state index in [-0.39, 0.29) is 42.9 Å². The molecule has 11 heteroatoms. The van der Waals surface area contributed by atoms with Gasteiger partial charge in [-0.1, -0.05) is 18.2 Å². The van der Waals surface area contributed by atoms with Crippen LogP contribution in [-0.4, -0.2) is 92.6 Å². The van der Waals surface area contributed by atoms with Gasteiger partial charge >= 0.3 is 0 Å². The maximum Gasteiger partial charge on any atom is 0.231 e. The van der Waals surface area contributed by atoms with Crippen molar-refractivity contribution < 1.29 is 70.8 Å². The van der Waals surface area contributed by atoms with Crippen molar-refractivity contribution in [3.05, 3.63) is 88.0 Å². The fourth-order valence-corrected chi connectivity index (χ4v) is 8.40. The van der Waals surface area contributed by atoms with Crippen LogP contribution in [0.15, 0.2) is 54.6 Å². The van der Waals surface area contributed by atoms with E-state index in [4.69, 9.17) is 37.9 Å². The third-order valence-corrected chi connectivity index (χ3v) is 11.4. The molecule has 4 aromatic carbocycles. The monoisotopic (exact) mass is 839 g/mol. The number of rotatable bonds is 11. The molecule has 3 aliphatic rings. The van der Waals surface area contributed by atoms with Crippen LogP contribution in [0.1, 0.15) is 45.5 Å². The molecule has 0 N–H and O–H groups in total. The molecule has 0 saturated carbocycles. The zero-order valence-electron chi connectivity index (χ0n) is 32.3. The molecule has 0 fully saturated rings. The molecule has 2 unspecified atom stereocenters. The van der Waals surface area contributed by atoms with Crippen LogP contribution in [0.2, 0.25) is 0 Å². The highest BCUT2D eigenvalue weighted by Gasteiger charge is 2.41. The predicted octanol–water partition coefficient (Wildman–Crippen LogP) is 4.09. The van der Waals surface area contributed by atoms with Gasteiger partial charge in [0.15, 0.2) is 34.5 Å². The van der Waals surface area contributed by atoms with E-state index in [0.29, 0.717) is 23.0 Å². The van der Waals surface area contributed by atoms with Crippen LogP contribution in [0.3, 0.4) is 0 Å². The Balaban J connectivity index is 0.00000481. The SMILES string of the molecule is COc1ccc(CC2c3cc(OC)c(OC)c(OC)c3CC[N+]2(C)C)cc1Oc1ccc(CC2c3cc4c(c(OC)c3CC[N+]2(C)C)OCO4)cc1.[I-]. The first-order valence-corrected chi connectivity index (χ1v) is 17.9. The second kappa shape index (κ2) is 15.3. The molecule has 0 saturated heterocycles. The van der Waals surface area contributed by atoms with E-state index in [1.807, 2.05) is 6.07 Å². The highest BCUT2D eigenvalue weighted by Crippen LogP contribution is 2.51. The van der Waals surface area contributed by atoms with Crippen LogP contribution >= 0.6 is 0 Å². The molecule has 0 spiro atoms. The van der Waals surface area contributed by atoms with Crippen LogP contribution < -0.4 is 61.9 Å². The lowest BCUT2D eigenvalue weighted by atomic mass is 9.86. The van der Waals surface area contributed by atoms with Gasteiger partial charge in [-0.25, -0.2) is 0 Å². The summed E-state index contributed by atoms with van der Waals surface area (Å²) in [6, 6.07) is 19.3. The molecule has 0 bridgehead atoms. The molecule has 2 atom stereocenters. The quantitative estimate of drug-likeness (QED) is 0.166. The number of nitrogens with zero attached hydrogens (tertiary/aromatic N) is 2. The Morgan fingerprint density at radius 3 is 1.75 bits per heavy atom. The van der Waals surface area contributed by atoms with Gasteiger partial charge in [0.25, 0.3) is 0 Å². The lowest BCUT2D eigenvalue weighted by Gasteiger charge is -2.43. The van der Waals surface area contributed by atoms with Crippen molar-refractivity contribution in [2.45, 2.75) is 37.8 Å². The molecule has 3 heterocycles. The van der Waals surface area contributed by atoms with Crippen molar-refractivity contribution in [3.8, 4) is 51.7 Å². The van der Waals surface area contributed by atoms with E-state index in [0.717, 1.165) is 82.0 Å². The zero-order chi connectivity index (χ0) is 36.8. The van der Waals surface area contributed by atoms with E-state index in [9.17, 15) is 0 Å². The van der Waals surface area contributed by atoms with Gasteiger partial charge in [0, 0.05) is 47.9 Å². The normalized spacial score (nSPS) is 18.9. The maximum atomic E-state index is 6.54. The number of halogens is 1. The zero-order valence-corrected chi connectivity index (χ0v) is 34.5. The summed E-state index contributed by atoms with van der Waals surface area (Å²) in [5.74, 6) is 6.48. The summed E-state index contributed by atoms with van der Waals surface area (Å²) in [4.78, 5) is 0. The highest BCUT2D eigenvalue weighted by atomic mass is 127. The average molecular weight is 840 g/mol. The van der Waals surface area contributed by atoms with Gasteiger partial charge < -0.3 is 70.8 Å². The Kier molecular flexibility index (Phi) is 11.2. The molecule has 284 valence electrons. The number of benzene rings is 4. The van der Waals surface area contributed by atoms with Crippen molar-refractivity contribution in [1.29, 1.82) is 0 Å². The molecule has 53 heavy (non-hydrogen) atoms. The molecule has 4 aromatic rings. The van der Waals surface area contributed by atoms with Crippen molar-refractivity contribution in [2.75, 3.05) is 83.6 Å². The molecule has 0 aromatic heterocycles. The fourth-order valence-electron chi connectivity index (χ4n) is 8.40. The summed E-state index contributed by atoms with van der Waals surface area (Å²) in [5, 5.41) is 0. The predicted molar refractivity (Wildman–Crippen MR) is 199 cm³/mol. The Morgan fingerprint density at radius 1 is 0.585 bits per heavy atom. The van der Waals surface area contributed by atoms with Gasteiger partial charge in [-0.3, -0.25) is 0 Å². The second-order valence-corrected chi connectivity index (χ2v) is 15.1. The summed E-state index contributed by atoms with van der Waals surface area (Å²) in [5.41, 5.74) is 7.25. The van der Waals surface area contributed by atoms with Gasteiger partial charge in [0.2, 0.25) is 18.3 Å². The third kappa shape index (κ3) is 7.15. The summed E-state index contributed by atoms with van der Waals surface area (Å²) in [6.45, 7) is 2.19. The summed E-state index contributed by atoms with van der Waals surface area (Å²) in [6.07, 6.45) is 3.46. The standard InChI is InChI=1S/C42H52N2O8.HI/c1-43(2)19-17-30-32(24-38-42(40(30)48-8)51-25-50-38)33(43)20-26-10-13-28(14-11-26)52-36-22-27(12-15-35(36)45-5)21-34-31-23-37(46-6)41(49-9)39(47-7)29(31)16-18-44(34,3)4;/h10-15,22-24,33-34H,16-21,25H2,1-9H3;1H/q+2;/p-1. The highest BCUT2D eigenvalue weighted by molar-refractivity contribution is 5.62. The molecular formula is C42H52IN2O8+. The van der Waals surface area contributed by atoms with E-state index < -0.39 is 0 Å².